The van der Waals surface area contributed by atoms with E-state index in [0.717, 1.165) is 36.8 Å². The predicted octanol–water partition coefficient (Wildman–Crippen LogP) is 2.92. The molecular weight excluding hydrogens is 368 g/mol. The fourth-order valence-corrected chi connectivity index (χ4v) is 5.53. The van der Waals surface area contributed by atoms with Gasteiger partial charge in [0.05, 0.1) is 0 Å². The highest BCUT2D eigenvalue weighted by Crippen LogP contribution is 2.25. The molecule has 26 heavy (non-hydrogen) atoms. The lowest BCUT2D eigenvalue weighted by Gasteiger charge is -2.16. The van der Waals surface area contributed by atoms with Crippen LogP contribution in [0.4, 0.5) is 0 Å². The van der Waals surface area contributed by atoms with Gasteiger partial charge in [-0.15, -0.1) is 11.3 Å². The maximum absolute atomic E-state index is 12.5. The van der Waals surface area contributed by atoms with Gasteiger partial charge in [-0.1, -0.05) is 27.7 Å². The largest absolute Gasteiger partial charge is 0.356 e. The van der Waals surface area contributed by atoms with Crippen LogP contribution in [0.3, 0.4) is 0 Å². The van der Waals surface area contributed by atoms with Crippen molar-refractivity contribution in [2.75, 3.05) is 33.2 Å². The molecule has 0 unspecified atom stereocenters. The van der Waals surface area contributed by atoms with Crippen LogP contribution in [-0.2, 0) is 16.4 Å². The molecule has 0 fully saturated rings. The molecule has 8 heteroatoms. The third-order valence-corrected chi connectivity index (χ3v) is 7.74. The minimum atomic E-state index is -3.35. The van der Waals surface area contributed by atoms with Crippen molar-refractivity contribution in [1.82, 2.24) is 14.9 Å². The first-order chi connectivity index (χ1) is 12.3. The summed E-state index contributed by atoms with van der Waals surface area (Å²) in [7, 11) is -1.59. The summed E-state index contributed by atoms with van der Waals surface area (Å²) in [6, 6.07) is 3.62. The van der Waals surface area contributed by atoms with Crippen LogP contribution >= 0.6 is 11.3 Å². The van der Waals surface area contributed by atoms with E-state index < -0.39 is 10.0 Å². The Bertz CT molecular complexity index is 650. The fourth-order valence-electron chi connectivity index (χ4n) is 2.56. The molecule has 0 saturated carbocycles. The lowest BCUT2D eigenvalue weighted by atomic mass is 10.1. The highest BCUT2D eigenvalue weighted by molar-refractivity contribution is 7.91. The molecule has 0 aliphatic heterocycles. The second kappa shape index (κ2) is 11.6. The van der Waals surface area contributed by atoms with Gasteiger partial charge in [0.2, 0.25) is 0 Å². The van der Waals surface area contributed by atoms with Crippen LogP contribution in [0.2, 0.25) is 0 Å². The Balaban J connectivity index is 2.48. The highest BCUT2D eigenvalue weighted by Gasteiger charge is 2.23. The van der Waals surface area contributed by atoms with Crippen LogP contribution in [0.1, 0.15) is 45.4 Å². The molecule has 0 bridgehead atoms. The summed E-state index contributed by atoms with van der Waals surface area (Å²) >= 11 is 1.35. The molecule has 0 spiro atoms. The van der Waals surface area contributed by atoms with Gasteiger partial charge in [0.25, 0.3) is 10.0 Å². The molecule has 1 rings (SSSR count). The number of rotatable bonds is 11. The van der Waals surface area contributed by atoms with Gasteiger partial charge >= 0.3 is 0 Å². The van der Waals surface area contributed by atoms with Crippen LogP contribution in [0.5, 0.6) is 0 Å². The van der Waals surface area contributed by atoms with E-state index in [2.05, 4.69) is 29.5 Å². The zero-order valence-corrected chi connectivity index (χ0v) is 18.3. The summed E-state index contributed by atoms with van der Waals surface area (Å²) < 4.78 is 27.0. The smallest absolute Gasteiger partial charge is 0.252 e. The van der Waals surface area contributed by atoms with Crippen LogP contribution in [0.15, 0.2) is 21.3 Å². The molecule has 6 nitrogen and oxygen atoms in total. The maximum Gasteiger partial charge on any atom is 0.252 e. The SMILES string of the molecule is CCN(CC)S(=O)(=O)c1ccc(CCNC(=NC)NCCCC(C)C)s1. The standard InChI is InChI=1S/C18H34N4O2S2/c1-6-22(7-2)26(23,24)17-11-10-16(25-17)12-14-21-18(19-5)20-13-8-9-15(3)4/h10-11,15H,6-9,12-14H2,1-5H3,(H2,19,20,21). The van der Waals surface area contributed by atoms with Crippen molar-refractivity contribution >= 4 is 27.3 Å². The molecule has 0 aliphatic rings. The van der Waals surface area contributed by atoms with Crippen molar-refractivity contribution in [1.29, 1.82) is 0 Å². The van der Waals surface area contributed by atoms with Gasteiger partial charge < -0.3 is 10.6 Å². The van der Waals surface area contributed by atoms with Gasteiger partial charge in [-0.3, -0.25) is 4.99 Å². The summed E-state index contributed by atoms with van der Waals surface area (Å²) in [5.74, 6) is 1.51. The van der Waals surface area contributed by atoms with E-state index in [1.54, 1.807) is 13.1 Å². The zero-order chi connectivity index (χ0) is 19.6. The van der Waals surface area contributed by atoms with Crippen molar-refractivity contribution in [3.63, 3.8) is 0 Å². The van der Waals surface area contributed by atoms with Crippen LogP contribution in [0.25, 0.3) is 0 Å². The number of thiophene rings is 1. The van der Waals surface area contributed by atoms with Gasteiger partial charge in [0, 0.05) is 38.1 Å². The van der Waals surface area contributed by atoms with E-state index in [1.807, 2.05) is 19.9 Å². The van der Waals surface area contributed by atoms with Gasteiger partial charge in [-0.2, -0.15) is 4.31 Å². The van der Waals surface area contributed by atoms with Crippen molar-refractivity contribution in [2.45, 2.75) is 51.2 Å². The number of guanidine groups is 1. The molecule has 150 valence electrons. The minimum absolute atomic E-state index is 0.424. The number of nitrogens with one attached hydrogen (secondary N) is 2. The predicted molar refractivity (Wildman–Crippen MR) is 112 cm³/mol. The maximum atomic E-state index is 12.5. The fraction of sp³-hybridized carbons (Fsp3) is 0.722. The molecule has 1 aromatic rings. The number of hydrogen-bond donors (Lipinski definition) is 2. The van der Waals surface area contributed by atoms with E-state index in [4.69, 9.17) is 0 Å². The first-order valence-electron chi connectivity index (χ1n) is 9.38. The summed E-state index contributed by atoms with van der Waals surface area (Å²) in [5.41, 5.74) is 0. The number of aliphatic imine (C=N–C) groups is 1. The van der Waals surface area contributed by atoms with Gasteiger partial charge in [0.1, 0.15) is 4.21 Å². The van der Waals surface area contributed by atoms with E-state index >= 15 is 0 Å². The van der Waals surface area contributed by atoms with E-state index in [1.165, 1.54) is 22.1 Å². The monoisotopic (exact) mass is 402 g/mol. The Kier molecular flexibility index (Phi) is 10.2. The van der Waals surface area contributed by atoms with E-state index in [0.29, 0.717) is 23.2 Å². The average molecular weight is 403 g/mol. The molecule has 0 amide bonds. The van der Waals surface area contributed by atoms with Gasteiger partial charge in [-0.25, -0.2) is 8.42 Å². The first-order valence-corrected chi connectivity index (χ1v) is 11.6. The lowest BCUT2D eigenvalue weighted by Crippen LogP contribution is -2.38. The van der Waals surface area contributed by atoms with Gasteiger partial charge in [0.15, 0.2) is 5.96 Å². The topological polar surface area (TPSA) is 73.8 Å². The van der Waals surface area contributed by atoms with Crippen molar-refractivity contribution in [3.05, 3.63) is 17.0 Å². The average Bonchev–Trinajstić information content (AvgIpc) is 3.07. The summed E-state index contributed by atoms with van der Waals surface area (Å²) in [4.78, 5) is 5.28. The van der Waals surface area contributed by atoms with Crippen molar-refractivity contribution in [2.24, 2.45) is 10.9 Å². The van der Waals surface area contributed by atoms with Crippen LogP contribution in [0, 0.1) is 5.92 Å². The summed E-state index contributed by atoms with van der Waals surface area (Å²) in [5, 5.41) is 6.60. The molecule has 1 heterocycles. The number of hydrogen-bond acceptors (Lipinski definition) is 4. The van der Waals surface area contributed by atoms with E-state index in [9.17, 15) is 8.42 Å². The summed E-state index contributed by atoms with van der Waals surface area (Å²) in [6.45, 7) is 10.8. The minimum Gasteiger partial charge on any atom is -0.356 e. The molecular formula is C18H34N4O2S2. The molecule has 0 radical (unpaired) electrons. The zero-order valence-electron chi connectivity index (χ0n) is 16.7. The molecule has 0 saturated heterocycles. The Hall–Kier alpha value is -1.12. The summed E-state index contributed by atoms with van der Waals surface area (Å²) in [6.07, 6.45) is 3.09. The Labute approximate surface area is 163 Å². The number of sulfonamides is 1. The second-order valence-electron chi connectivity index (χ2n) is 6.52. The molecule has 2 N–H and O–H groups in total. The molecule has 0 aromatic carbocycles. The Morgan fingerprint density at radius 3 is 2.42 bits per heavy atom. The lowest BCUT2D eigenvalue weighted by molar-refractivity contribution is 0.447. The normalized spacial score (nSPS) is 12.8. The quantitative estimate of drug-likeness (QED) is 0.339. The van der Waals surface area contributed by atoms with Crippen molar-refractivity contribution < 1.29 is 8.42 Å². The first kappa shape index (κ1) is 22.9. The molecule has 1 aromatic heterocycles. The molecule has 0 aliphatic carbocycles. The van der Waals surface area contributed by atoms with Crippen LogP contribution < -0.4 is 10.6 Å². The third kappa shape index (κ3) is 7.25. The highest BCUT2D eigenvalue weighted by atomic mass is 32.2. The van der Waals surface area contributed by atoms with Crippen LogP contribution in [-0.4, -0.2) is 51.9 Å². The van der Waals surface area contributed by atoms with Crippen molar-refractivity contribution in [3.8, 4) is 0 Å². The Morgan fingerprint density at radius 1 is 1.19 bits per heavy atom. The Morgan fingerprint density at radius 2 is 1.85 bits per heavy atom. The third-order valence-electron chi connectivity index (χ3n) is 4.07. The second-order valence-corrected chi connectivity index (χ2v) is 9.86. The van der Waals surface area contributed by atoms with Gasteiger partial charge in [-0.05, 0) is 37.3 Å². The molecule has 0 atom stereocenters. The number of nitrogens with zero attached hydrogens (tertiary/aromatic N) is 2. The van der Waals surface area contributed by atoms with E-state index in [-0.39, 0.29) is 0 Å².